The molecule has 0 radical (unpaired) electrons. The SMILES string of the molecule is CN(C)C(=O)c1ccc(-c2nc(C3(N)CCC3)no2)cc1. The van der Waals surface area contributed by atoms with Crippen LogP contribution in [-0.2, 0) is 5.54 Å². The lowest BCUT2D eigenvalue weighted by Crippen LogP contribution is -2.44. The molecule has 1 fully saturated rings. The van der Waals surface area contributed by atoms with Gasteiger partial charge < -0.3 is 15.2 Å². The summed E-state index contributed by atoms with van der Waals surface area (Å²) in [5, 5.41) is 3.99. The van der Waals surface area contributed by atoms with Crippen molar-refractivity contribution in [3.63, 3.8) is 0 Å². The summed E-state index contributed by atoms with van der Waals surface area (Å²) in [7, 11) is 3.44. The van der Waals surface area contributed by atoms with Crippen molar-refractivity contribution < 1.29 is 9.32 Å². The topological polar surface area (TPSA) is 85.2 Å². The molecule has 0 bridgehead atoms. The maximum atomic E-state index is 11.8. The predicted octanol–water partition coefficient (Wildman–Crippen LogP) is 1.78. The Morgan fingerprint density at radius 3 is 2.48 bits per heavy atom. The summed E-state index contributed by atoms with van der Waals surface area (Å²) in [5.41, 5.74) is 7.16. The molecule has 1 aliphatic carbocycles. The normalized spacial score (nSPS) is 16.3. The van der Waals surface area contributed by atoms with Gasteiger partial charge in [-0.25, -0.2) is 0 Å². The molecular formula is C15H18N4O2. The third-order valence-electron chi connectivity index (χ3n) is 3.90. The zero-order valence-corrected chi connectivity index (χ0v) is 12.2. The Kier molecular flexibility index (Phi) is 3.25. The molecule has 2 N–H and O–H groups in total. The Hall–Kier alpha value is -2.21. The van der Waals surface area contributed by atoms with E-state index in [0.717, 1.165) is 24.8 Å². The second-order valence-corrected chi connectivity index (χ2v) is 5.71. The zero-order valence-electron chi connectivity index (χ0n) is 12.2. The van der Waals surface area contributed by atoms with Gasteiger partial charge in [-0.15, -0.1) is 0 Å². The average molecular weight is 286 g/mol. The number of aromatic nitrogens is 2. The molecule has 0 atom stereocenters. The highest BCUT2D eigenvalue weighted by molar-refractivity contribution is 5.94. The average Bonchev–Trinajstić information content (AvgIpc) is 2.94. The molecule has 3 rings (SSSR count). The van der Waals surface area contributed by atoms with Gasteiger partial charge in [-0.1, -0.05) is 5.16 Å². The maximum absolute atomic E-state index is 11.8. The fraction of sp³-hybridized carbons (Fsp3) is 0.400. The van der Waals surface area contributed by atoms with Crippen molar-refractivity contribution >= 4 is 5.91 Å². The number of nitrogens with zero attached hydrogens (tertiary/aromatic N) is 3. The Morgan fingerprint density at radius 2 is 1.95 bits per heavy atom. The predicted molar refractivity (Wildman–Crippen MR) is 77.5 cm³/mol. The molecule has 6 heteroatoms. The molecule has 1 aromatic carbocycles. The molecule has 0 unspecified atom stereocenters. The standard InChI is InChI=1S/C15H18N4O2/c1-19(2)13(20)11-6-4-10(5-7-11)12-17-14(18-21-12)15(16)8-3-9-15/h4-7H,3,8-9,16H2,1-2H3. The van der Waals surface area contributed by atoms with Crippen LogP contribution in [0.2, 0.25) is 0 Å². The molecule has 6 nitrogen and oxygen atoms in total. The van der Waals surface area contributed by atoms with Gasteiger partial charge in [-0.3, -0.25) is 4.79 Å². The minimum absolute atomic E-state index is 0.0388. The zero-order chi connectivity index (χ0) is 15.0. The summed E-state index contributed by atoms with van der Waals surface area (Å²) in [6, 6.07) is 7.11. The number of rotatable bonds is 3. The number of carbonyl (C=O) groups excluding carboxylic acids is 1. The van der Waals surface area contributed by atoms with Crippen molar-refractivity contribution in [2.45, 2.75) is 24.8 Å². The Labute approximate surface area is 122 Å². The molecular weight excluding hydrogens is 268 g/mol. The van der Waals surface area contributed by atoms with Crippen molar-refractivity contribution in [2.75, 3.05) is 14.1 Å². The van der Waals surface area contributed by atoms with Gasteiger partial charge in [0.25, 0.3) is 11.8 Å². The highest BCUT2D eigenvalue weighted by Crippen LogP contribution is 2.37. The van der Waals surface area contributed by atoms with Crippen molar-refractivity contribution in [3.05, 3.63) is 35.7 Å². The van der Waals surface area contributed by atoms with E-state index in [2.05, 4.69) is 10.1 Å². The van der Waals surface area contributed by atoms with Gasteiger partial charge in [0.05, 0.1) is 5.54 Å². The first-order valence-corrected chi connectivity index (χ1v) is 6.95. The van der Waals surface area contributed by atoms with Crippen LogP contribution in [-0.4, -0.2) is 35.0 Å². The molecule has 1 amide bonds. The van der Waals surface area contributed by atoms with Gasteiger partial charge in [0, 0.05) is 25.2 Å². The number of amides is 1. The van der Waals surface area contributed by atoms with Crippen LogP contribution in [0.4, 0.5) is 0 Å². The van der Waals surface area contributed by atoms with Gasteiger partial charge in [0.15, 0.2) is 5.82 Å². The second kappa shape index (κ2) is 4.96. The van der Waals surface area contributed by atoms with E-state index in [0.29, 0.717) is 17.3 Å². The molecule has 1 aromatic heterocycles. The summed E-state index contributed by atoms with van der Waals surface area (Å²) in [4.78, 5) is 17.8. The molecule has 0 saturated heterocycles. The fourth-order valence-corrected chi connectivity index (χ4v) is 2.34. The molecule has 2 aromatic rings. The summed E-state index contributed by atoms with van der Waals surface area (Å²) < 4.78 is 5.28. The Bertz CT molecular complexity index is 657. The quantitative estimate of drug-likeness (QED) is 0.929. The van der Waals surface area contributed by atoms with Crippen molar-refractivity contribution in [3.8, 4) is 11.5 Å². The van der Waals surface area contributed by atoms with Crippen molar-refractivity contribution in [2.24, 2.45) is 5.73 Å². The first-order chi connectivity index (χ1) is 9.99. The Morgan fingerprint density at radius 1 is 1.29 bits per heavy atom. The van der Waals surface area contributed by atoms with E-state index in [9.17, 15) is 4.79 Å². The van der Waals surface area contributed by atoms with E-state index in [1.54, 1.807) is 38.4 Å². The van der Waals surface area contributed by atoms with E-state index < -0.39 is 5.54 Å². The van der Waals surface area contributed by atoms with Gasteiger partial charge in [-0.05, 0) is 43.5 Å². The van der Waals surface area contributed by atoms with Gasteiger partial charge in [-0.2, -0.15) is 4.98 Å². The first kappa shape index (κ1) is 13.8. The summed E-state index contributed by atoms with van der Waals surface area (Å²) >= 11 is 0. The van der Waals surface area contributed by atoms with E-state index in [1.807, 2.05) is 0 Å². The molecule has 1 saturated carbocycles. The molecule has 0 spiro atoms. The molecule has 110 valence electrons. The fourth-order valence-electron chi connectivity index (χ4n) is 2.34. The maximum Gasteiger partial charge on any atom is 0.257 e. The lowest BCUT2D eigenvalue weighted by molar-refractivity contribution is 0.0827. The Balaban J connectivity index is 1.83. The van der Waals surface area contributed by atoms with Gasteiger partial charge >= 0.3 is 0 Å². The molecule has 0 aliphatic heterocycles. The van der Waals surface area contributed by atoms with Crippen LogP contribution < -0.4 is 5.73 Å². The van der Waals surface area contributed by atoms with Crippen LogP contribution in [0, 0.1) is 0 Å². The van der Waals surface area contributed by atoms with E-state index >= 15 is 0 Å². The third kappa shape index (κ3) is 2.42. The van der Waals surface area contributed by atoms with Crippen LogP contribution in [0.1, 0.15) is 35.4 Å². The van der Waals surface area contributed by atoms with Gasteiger partial charge in [0.2, 0.25) is 0 Å². The summed E-state index contributed by atoms with van der Waals surface area (Å²) in [6.45, 7) is 0. The van der Waals surface area contributed by atoms with Crippen LogP contribution in [0.5, 0.6) is 0 Å². The highest BCUT2D eigenvalue weighted by atomic mass is 16.5. The molecule has 21 heavy (non-hydrogen) atoms. The largest absolute Gasteiger partial charge is 0.345 e. The minimum Gasteiger partial charge on any atom is -0.345 e. The van der Waals surface area contributed by atoms with E-state index in [-0.39, 0.29) is 5.91 Å². The number of carbonyl (C=O) groups is 1. The third-order valence-corrected chi connectivity index (χ3v) is 3.90. The monoisotopic (exact) mass is 286 g/mol. The van der Waals surface area contributed by atoms with Crippen LogP contribution in [0.3, 0.4) is 0 Å². The number of benzene rings is 1. The lowest BCUT2D eigenvalue weighted by atomic mass is 9.77. The number of hydrogen-bond donors (Lipinski definition) is 1. The van der Waals surface area contributed by atoms with Gasteiger partial charge in [0.1, 0.15) is 0 Å². The van der Waals surface area contributed by atoms with Crippen molar-refractivity contribution in [1.82, 2.24) is 15.0 Å². The smallest absolute Gasteiger partial charge is 0.257 e. The number of nitrogens with two attached hydrogens (primary N) is 1. The lowest BCUT2D eigenvalue weighted by Gasteiger charge is -2.34. The minimum atomic E-state index is -0.428. The highest BCUT2D eigenvalue weighted by Gasteiger charge is 2.39. The van der Waals surface area contributed by atoms with E-state index in [4.69, 9.17) is 10.3 Å². The van der Waals surface area contributed by atoms with Crippen LogP contribution in [0.15, 0.2) is 28.8 Å². The van der Waals surface area contributed by atoms with Crippen molar-refractivity contribution in [1.29, 1.82) is 0 Å². The van der Waals surface area contributed by atoms with Crippen LogP contribution in [0.25, 0.3) is 11.5 Å². The second-order valence-electron chi connectivity index (χ2n) is 5.71. The molecule has 1 heterocycles. The first-order valence-electron chi connectivity index (χ1n) is 6.95. The number of hydrogen-bond acceptors (Lipinski definition) is 5. The summed E-state index contributed by atoms with van der Waals surface area (Å²) in [5.74, 6) is 0.964. The molecule has 1 aliphatic rings. The van der Waals surface area contributed by atoms with E-state index in [1.165, 1.54) is 4.90 Å². The van der Waals surface area contributed by atoms with Crippen LogP contribution >= 0.6 is 0 Å². The summed E-state index contributed by atoms with van der Waals surface area (Å²) in [6.07, 6.45) is 2.88.